The Bertz CT molecular complexity index is 264. The van der Waals surface area contributed by atoms with Gasteiger partial charge < -0.3 is 5.32 Å². The molecule has 0 fully saturated rings. The summed E-state index contributed by atoms with van der Waals surface area (Å²) in [5.74, 6) is -0.184. The minimum absolute atomic E-state index is 0.0809. The minimum atomic E-state index is -0.184. The molecule has 0 aromatic heterocycles. The van der Waals surface area contributed by atoms with Gasteiger partial charge in [0.25, 0.3) is 0 Å². The number of rotatable bonds is 3. The second-order valence-electron chi connectivity index (χ2n) is 3.66. The molecular formula is C11H16FN. The lowest BCUT2D eigenvalue weighted by molar-refractivity contribution is 0.415. The SMILES string of the molecule is CCNC(C)(C)c1ccc(F)cc1. The summed E-state index contributed by atoms with van der Waals surface area (Å²) in [4.78, 5) is 0. The van der Waals surface area contributed by atoms with E-state index in [4.69, 9.17) is 0 Å². The van der Waals surface area contributed by atoms with Crippen LogP contribution in [0.1, 0.15) is 26.3 Å². The first-order valence-electron chi connectivity index (χ1n) is 4.57. The molecule has 1 aromatic rings. The topological polar surface area (TPSA) is 12.0 Å². The van der Waals surface area contributed by atoms with Gasteiger partial charge in [-0.3, -0.25) is 0 Å². The third-order valence-electron chi connectivity index (χ3n) is 2.18. The lowest BCUT2D eigenvalue weighted by atomic mass is 9.94. The largest absolute Gasteiger partial charge is 0.308 e. The second kappa shape index (κ2) is 3.88. The van der Waals surface area contributed by atoms with E-state index in [1.807, 2.05) is 12.1 Å². The van der Waals surface area contributed by atoms with E-state index in [1.54, 1.807) is 0 Å². The molecule has 0 bridgehead atoms. The maximum Gasteiger partial charge on any atom is 0.123 e. The normalized spacial score (nSPS) is 11.7. The number of hydrogen-bond donors (Lipinski definition) is 1. The molecule has 0 saturated heterocycles. The zero-order chi connectivity index (χ0) is 9.90. The summed E-state index contributed by atoms with van der Waals surface area (Å²) in [5, 5.41) is 3.34. The standard InChI is InChI=1S/C11H16FN/c1-4-13-11(2,3)9-5-7-10(12)8-6-9/h5-8,13H,4H2,1-3H3. The Labute approximate surface area is 79.0 Å². The number of hydrogen-bond acceptors (Lipinski definition) is 1. The average Bonchev–Trinajstić information content (AvgIpc) is 2.05. The van der Waals surface area contributed by atoms with Gasteiger partial charge in [-0.15, -0.1) is 0 Å². The van der Waals surface area contributed by atoms with Crippen LogP contribution in [0.15, 0.2) is 24.3 Å². The summed E-state index contributed by atoms with van der Waals surface area (Å²) in [6.45, 7) is 7.14. The van der Waals surface area contributed by atoms with Gasteiger partial charge in [0.2, 0.25) is 0 Å². The van der Waals surface area contributed by atoms with Gasteiger partial charge >= 0.3 is 0 Å². The molecule has 0 aliphatic carbocycles. The van der Waals surface area contributed by atoms with Crippen LogP contribution in [0, 0.1) is 5.82 Å². The summed E-state index contributed by atoms with van der Waals surface area (Å²) < 4.78 is 12.6. The summed E-state index contributed by atoms with van der Waals surface area (Å²) in [7, 11) is 0. The molecule has 0 aliphatic rings. The van der Waals surface area contributed by atoms with Crippen LogP contribution in [0.4, 0.5) is 4.39 Å². The first kappa shape index (κ1) is 10.2. The lowest BCUT2D eigenvalue weighted by Crippen LogP contribution is -2.36. The van der Waals surface area contributed by atoms with Crippen LogP contribution in [-0.2, 0) is 5.54 Å². The number of benzene rings is 1. The Kier molecular flexibility index (Phi) is 3.04. The zero-order valence-corrected chi connectivity index (χ0v) is 8.39. The Balaban J connectivity index is 2.87. The molecule has 1 nitrogen and oxygen atoms in total. The molecule has 0 amide bonds. The molecule has 72 valence electrons. The van der Waals surface area contributed by atoms with Crippen molar-refractivity contribution in [3.8, 4) is 0 Å². The first-order valence-corrected chi connectivity index (χ1v) is 4.57. The first-order chi connectivity index (χ1) is 6.06. The molecule has 0 atom stereocenters. The van der Waals surface area contributed by atoms with Gasteiger partial charge in [-0.1, -0.05) is 19.1 Å². The van der Waals surface area contributed by atoms with Gasteiger partial charge in [-0.25, -0.2) is 4.39 Å². The van der Waals surface area contributed by atoms with Crippen molar-refractivity contribution in [2.75, 3.05) is 6.54 Å². The van der Waals surface area contributed by atoms with Gasteiger partial charge in [-0.2, -0.15) is 0 Å². The molecule has 0 spiro atoms. The van der Waals surface area contributed by atoms with E-state index in [-0.39, 0.29) is 11.4 Å². The average molecular weight is 181 g/mol. The van der Waals surface area contributed by atoms with Crippen molar-refractivity contribution in [3.63, 3.8) is 0 Å². The fraction of sp³-hybridized carbons (Fsp3) is 0.455. The Hall–Kier alpha value is -0.890. The predicted molar refractivity (Wildman–Crippen MR) is 53.1 cm³/mol. The predicted octanol–water partition coefficient (Wildman–Crippen LogP) is 2.67. The molecule has 0 saturated carbocycles. The van der Waals surface area contributed by atoms with E-state index in [0.717, 1.165) is 12.1 Å². The number of nitrogens with one attached hydrogen (secondary N) is 1. The van der Waals surface area contributed by atoms with Crippen molar-refractivity contribution in [1.29, 1.82) is 0 Å². The monoisotopic (exact) mass is 181 g/mol. The molecular weight excluding hydrogens is 165 g/mol. The molecule has 0 aliphatic heterocycles. The van der Waals surface area contributed by atoms with Gasteiger partial charge in [0.05, 0.1) is 0 Å². The maximum atomic E-state index is 12.6. The van der Waals surface area contributed by atoms with E-state index in [1.165, 1.54) is 12.1 Å². The summed E-state index contributed by atoms with van der Waals surface area (Å²) in [6.07, 6.45) is 0. The van der Waals surface area contributed by atoms with Crippen molar-refractivity contribution in [3.05, 3.63) is 35.6 Å². The molecule has 1 aromatic carbocycles. The maximum absolute atomic E-state index is 12.6. The smallest absolute Gasteiger partial charge is 0.123 e. The molecule has 0 unspecified atom stereocenters. The molecule has 0 heterocycles. The quantitative estimate of drug-likeness (QED) is 0.756. The highest BCUT2D eigenvalue weighted by atomic mass is 19.1. The highest BCUT2D eigenvalue weighted by Crippen LogP contribution is 2.19. The Morgan fingerprint density at radius 3 is 2.23 bits per heavy atom. The van der Waals surface area contributed by atoms with Gasteiger partial charge in [0.15, 0.2) is 0 Å². The van der Waals surface area contributed by atoms with E-state index in [0.29, 0.717) is 0 Å². The van der Waals surface area contributed by atoms with Crippen molar-refractivity contribution in [2.45, 2.75) is 26.3 Å². The highest BCUT2D eigenvalue weighted by Gasteiger charge is 2.17. The summed E-state index contributed by atoms with van der Waals surface area (Å²) in [6, 6.07) is 6.62. The number of halogens is 1. The van der Waals surface area contributed by atoms with E-state index < -0.39 is 0 Å². The van der Waals surface area contributed by atoms with E-state index >= 15 is 0 Å². The molecule has 1 rings (SSSR count). The van der Waals surface area contributed by atoms with Crippen LogP contribution >= 0.6 is 0 Å². The van der Waals surface area contributed by atoms with E-state index in [9.17, 15) is 4.39 Å². The minimum Gasteiger partial charge on any atom is -0.308 e. The van der Waals surface area contributed by atoms with Crippen LogP contribution in [0.25, 0.3) is 0 Å². The van der Waals surface area contributed by atoms with Crippen LogP contribution < -0.4 is 5.32 Å². The fourth-order valence-electron chi connectivity index (χ4n) is 1.41. The van der Waals surface area contributed by atoms with Crippen molar-refractivity contribution in [2.24, 2.45) is 0 Å². The van der Waals surface area contributed by atoms with Gasteiger partial charge in [-0.05, 0) is 38.1 Å². The van der Waals surface area contributed by atoms with Crippen molar-refractivity contribution >= 4 is 0 Å². The highest BCUT2D eigenvalue weighted by molar-refractivity contribution is 5.23. The third-order valence-corrected chi connectivity index (χ3v) is 2.18. The van der Waals surface area contributed by atoms with Crippen molar-refractivity contribution < 1.29 is 4.39 Å². The molecule has 13 heavy (non-hydrogen) atoms. The van der Waals surface area contributed by atoms with Gasteiger partial charge in [0.1, 0.15) is 5.82 Å². The zero-order valence-electron chi connectivity index (χ0n) is 8.39. The summed E-state index contributed by atoms with van der Waals surface area (Å²) >= 11 is 0. The summed E-state index contributed by atoms with van der Waals surface area (Å²) in [5.41, 5.74) is 1.03. The van der Waals surface area contributed by atoms with E-state index in [2.05, 4.69) is 26.1 Å². The molecule has 1 N–H and O–H groups in total. The Morgan fingerprint density at radius 1 is 1.23 bits per heavy atom. The fourth-order valence-corrected chi connectivity index (χ4v) is 1.41. The van der Waals surface area contributed by atoms with Crippen LogP contribution in [-0.4, -0.2) is 6.54 Å². The third kappa shape index (κ3) is 2.52. The van der Waals surface area contributed by atoms with Gasteiger partial charge in [0, 0.05) is 5.54 Å². The van der Waals surface area contributed by atoms with Crippen LogP contribution in [0.2, 0.25) is 0 Å². The molecule has 2 heteroatoms. The lowest BCUT2D eigenvalue weighted by Gasteiger charge is -2.26. The van der Waals surface area contributed by atoms with Crippen molar-refractivity contribution in [1.82, 2.24) is 5.32 Å². The van der Waals surface area contributed by atoms with Crippen LogP contribution in [0.5, 0.6) is 0 Å². The molecule has 0 radical (unpaired) electrons. The Morgan fingerprint density at radius 2 is 1.77 bits per heavy atom. The van der Waals surface area contributed by atoms with Crippen LogP contribution in [0.3, 0.4) is 0 Å². The second-order valence-corrected chi connectivity index (χ2v) is 3.66.